The molecule has 0 heterocycles. The summed E-state index contributed by atoms with van der Waals surface area (Å²) in [7, 11) is 0. The zero-order chi connectivity index (χ0) is 34.5. The molecule has 12 heteroatoms. The summed E-state index contributed by atoms with van der Waals surface area (Å²) in [6.07, 6.45) is 0. The number of hydrogen-bond acceptors (Lipinski definition) is 9. The summed E-state index contributed by atoms with van der Waals surface area (Å²) in [5.74, 6) is -0.657. The Kier molecular flexibility index (Phi) is 11.7. The van der Waals surface area contributed by atoms with Crippen molar-refractivity contribution < 1.29 is 29.0 Å². The molecular formula is C34H43N3O9. The van der Waals surface area contributed by atoms with Gasteiger partial charge in [-0.05, 0) is 38.5 Å². The van der Waals surface area contributed by atoms with Gasteiger partial charge < -0.3 is 14.2 Å². The van der Waals surface area contributed by atoms with Gasteiger partial charge >= 0.3 is 0 Å². The second kappa shape index (κ2) is 15.0. The Labute approximate surface area is 269 Å². The quantitative estimate of drug-likeness (QED) is 0.0900. The first-order valence-corrected chi connectivity index (χ1v) is 15.5. The van der Waals surface area contributed by atoms with Gasteiger partial charge in [0.25, 0.3) is 17.1 Å². The lowest BCUT2D eigenvalue weighted by molar-refractivity contribution is -0.385. The lowest BCUT2D eigenvalue weighted by atomic mass is 9.78. The van der Waals surface area contributed by atoms with E-state index < -0.39 is 20.7 Å². The molecule has 0 bridgehead atoms. The number of nitro groups is 3. The molecule has 0 saturated heterocycles. The van der Waals surface area contributed by atoms with Crippen molar-refractivity contribution in [1.29, 1.82) is 0 Å². The monoisotopic (exact) mass is 637 g/mol. The van der Waals surface area contributed by atoms with Gasteiger partial charge in [0.2, 0.25) is 0 Å². The van der Waals surface area contributed by atoms with E-state index in [4.69, 9.17) is 14.2 Å². The van der Waals surface area contributed by atoms with E-state index >= 15 is 0 Å². The highest BCUT2D eigenvalue weighted by molar-refractivity contribution is 5.67. The zero-order valence-electron chi connectivity index (χ0n) is 27.9. The van der Waals surface area contributed by atoms with E-state index in [1.54, 1.807) is 20.8 Å². The molecule has 46 heavy (non-hydrogen) atoms. The third-order valence-corrected chi connectivity index (χ3v) is 7.69. The molecule has 0 N–H and O–H groups in total. The smallest absolute Gasteiger partial charge is 0.270 e. The first-order valence-electron chi connectivity index (χ1n) is 15.5. The Hall–Kier alpha value is -4.74. The lowest BCUT2D eigenvalue weighted by Gasteiger charge is -2.29. The van der Waals surface area contributed by atoms with Crippen molar-refractivity contribution in [2.75, 3.05) is 19.8 Å². The summed E-state index contributed by atoms with van der Waals surface area (Å²) in [6.45, 7) is 17.3. The third-order valence-electron chi connectivity index (χ3n) is 7.69. The van der Waals surface area contributed by atoms with Crippen LogP contribution in [-0.4, -0.2) is 34.6 Å². The van der Waals surface area contributed by atoms with Gasteiger partial charge in [0, 0.05) is 75.7 Å². The topological polar surface area (TPSA) is 157 Å². The van der Waals surface area contributed by atoms with Gasteiger partial charge in [-0.25, -0.2) is 0 Å². The minimum atomic E-state index is -1.07. The van der Waals surface area contributed by atoms with E-state index in [0.717, 1.165) is 0 Å². The van der Waals surface area contributed by atoms with Crippen molar-refractivity contribution in [2.45, 2.75) is 86.0 Å². The summed E-state index contributed by atoms with van der Waals surface area (Å²) >= 11 is 0. The Morgan fingerprint density at radius 1 is 0.478 bits per heavy atom. The standard InChI is InChI=1S/C34H43N3O9/c1-10-44-32-25(19(4)5)13-22(35(38)39)16-28(32)31(29-17-23(36(40)41)14-26(20(6)7)33(29)45-11-2)30-18-24(37(42)43)15-27(21(8)9)34(30)46-12-3/h13-21,31H,10-12H2,1-9H3. The van der Waals surface area contributed by atoms with Crippen LogP contribution >= 0.6 is 0 Å². The molecular weight excluding hydrogens is 594 g/mol. The summed E-state index contributed by atoms with van der Waals surface area (Å²) in [6, 6.07) is 8.54. The molecule has 3 rings (SSSR count). The average molecular weight is 638 g/mol. The highest BCUT2D eigenvalue weighted by Gasteiger charge is 2.36. The SMILES string of the molecule is CCOc1c(C(C)C)cc([N+](=O)[O-])cc1C(c1cc([N+](=O)[O-])cc(C(C)C)c1OCC)c1cc([N+](=O)[O-])cc(C(C)C)c1OCC. The predicted octanol–water partition coefficient (Wildman–Crippen LogP) is 9.16. The fourth-order valence-corrected chi connectivity index (χ4v) is 5.66. The maximum absolute atomic E-state index is 12.3. The highest BCUT2D eigenvalue weighted by Crippen LogP contribution is 2.52. The average Bonchev–Trinajstić information content (AvgIpc) is 2.98. The van der Waals surface area contributed by atoms with Gasteiger partial charge in [-0.15, -0.1) is 0 Å². The molecule has 0 spiro atoms. The first kappa shape index (κ1) is 35.7. The van der Waals surface area contributed by atoms with Crippen molar-refractivity contribution in [3.63, 3.8) is 0 Å². The van der Waals surface area contributed by atoms with E-state index in [-0.39, 0.29) is 54.6 Å². The zero-order valence-corrected chi connectivity index (χ0v) is 27.9. The van der Waals surface area contributed by atoms with Gasteiger partial charge in [-0.1, -0.05) is 41.5 Å². The van der Waals surface area contributed by atoms with Crippen molar-refractivity contribution in [1.82, 2.24) is 0 Å². The number of nitrogens with zero attached hydrogens (tertiary/aromatic N) is 3. The van der Waals surface area contributed by atoms with Gasteiger partial charge in [0.15, 0.2) is 0 Å². The second-order valence-electron chi connectivity index (χ2n) is 11.8. The Morgan fingerprint density at radius 3 is 0.870 bits per heavy atom. The van der Waals surface area contributed by atoms with Crippen LogP contribution in [0.2, 0.25) is 0 Å². The number of benzene rings is 3. The molecule has 0 fully saturated rings. The van der Waals surface area contributed by atoms with Crippen LogP contribution in [0.15, 0.2) is 36.4 Å². The van der Waals surface area contributed by atoms with Crippen LogP contribution in [0.1, 0.15) is 119 Å². The van der Waals surface area contributed by atoms with E-state index in [1.165, 1.54) is 36.4 Å². The lowest BCUT2D eigenvalue weighted by Crippen LogP contribution is -2.15. The highest BCUT2D eigenvalue weighted by atomic mass is 16.6. The fraction of sp³-hybridized carbons (Fsp3) is 0.471. The molecule has 0 amide bonds. The third kappa shape index (κ3) is 7.38. The molecule has 0 aliphatic carbocycles. The van der Waals surface area contributed by atoms with E-state index in [0.29, 0.717) is 50.6 Å². The molecule has 0 aliphatic rings. The Balaban J connectivity index is 2.79. The van der Waals surface area contributed by atoms with Crippen LogP contribution in [0, 0.1) is 30.3 Å². The largest absolute Gasteiger partial charge is 0.493 e. The Morgan fingerprint density at radius 2 is 0.696 bits per heavy atom. The van der Waals surface area contributed by atoms with E-state index in [9.17, 15) is 30.3 Å². The van der Waals surface area contributed by atoms with Crippen molar-refractivity contribution in [2.24, 2.45) is 0 Å². The molecule has 0 saturated carbocycles. The Bertz CT molecular complexity index is 1430. The van der Waals surface area contributed by atoms with Crippen LogP contribution < -0.4 is 14.2 Å². The molecule has 12 nitrogen and oxygen atoms in total. The van der Waals surface area contributed by atoms with Crippen LogP contribution in [0.25, 0.3) is 0 Å². The van der Waals surface area contributed by atoms with Crippen LogP contribution in [0.3, 0.4) is 0 Å². The number of non-ortho nitro benzene ring substituents is 3. The molecule has 0 aromatic heterocycles. The number of nitro benzene ring substituents is 3. The van der Waals surface area contributed by atoms with Crippen LogP contribution in [-0.2, 0) is 0 Å². The maximum Gasteiger partial charge on any atom is 0.270 e. The molecule has 3 aromatic carbocycles. The van der Waals surface area contributed by atoms with Gasteiger partial charge in [0.1, 0.15) is 17.2 Å². The summed E-state index contributed by atoms with van der Waals surface area (Å²) in [4.78, 5) is 35.5. The van der Waals surface area contributed by atoms with Crippen molar-refractivity contribution >= 4 is 17.1 Å². The molecule has 0 atom stereocenters. The predicted molar refractivity (Wildman–Crippen MR) is 176 cm³/mol. The molecule has 0 aliphatic heterocycles. The van der Waals surface area contributed by atoms with Gasteiger partial charge in [0.05, 0.1) is 34.6 Å². The normalized spacial score (nSPS) is 11.4. The van der Waals surface area contributed by atoms with Crippen molar-refractivity contribution in [3.8, 4) is 17.2 Å². The number of hydrogen-bond donors (Lipinski definition) is 0. The minimum Gasteiger partial charge on any atom is -0.493 e. The van der Waals surface area contributed by atoms with Gasteiger partial charge in [-0.2, -0.15) is 0 Å². The molecule has 248 valence electrons. The summed E-state index contributed by atoms with van der Waals surface area (Å²) < 4.78 is 18.7. The second-order valence-corrected chi connectivity index (χ2v) is 11.8. The number of rotatable bonds is 15. The van der Waals surface area contributed by atoms with Crippen molar-refractivity contribution in [3.05, 3.63) is 100 Å². The maximum atomic E-state index is 12.3. The van der Waals surface area contributed by atoms with Crippen LogP contribution in [0.5, 0.6) is 17.2 Å². The number of ether oxygens (including phenoxy) is 3. The molecule has 0 radical (unpaired) electrons. The summed E-state index contributed by atoms with van der Waals surface area (Å²) in [5.41, 5.74) is 1.94. The first-order chi connectivity index (χ1) is 21.7. The minimum absolute atomic E-state index is 0.215. The fourth-order valence-electron chi connectivity index (χ4n) is 5.66. The van der Waals surface area contributed by atoms with E-state index in [2.05, 4.69) is 0 Å². The van der Waals surface area contributed by atoms with Gasteiger partial charge in [-0.3, -0.25) is 30.3 Å². The molecule has 3 aromatic rings. The molecule has 0 unspecified atom stereocenters. The van der Waals surface area contributed by atoms with Crippen LogP contribution in [0.4, 0.5) is 17.1 Å². The summed E-state index contributed by atoms with van der Waals surface area (Å²) in [5, 5.41) is 37.0. The van der Waals surface area contributed by atoms with E-state index in [1.807, 2.05) is 41.5 Å².